The molecule has 1 nitrogen and oxygen atoms in total. The van der Waals surface area contributed by atoms with Gasteiger partial charge in [-0.05, 0) is 48.9 Å². The Morgan fingerprint density at radius 2 is 1.94 bits per heavy atom. The fourth-order valence-electron chi connectivity index (χ4n) is 2.03. The van der Waals surface area contributed by atoms with Gasteiger partial charge in [-0.1, -0.05) is 12.1 Å². The lowest BCUT2D eigenvalue weighted by Crippen LogP contribution is -1.84. The van der Waals surface area contributed by atoms with Gasteiger partial charge in [-0.2, -0.15) is 0 Å². The summed E-state index contributed by atoms with van der Waals surface area (Å²) in [5.41, 5.74) is 5.17. The van der Waals surface area contributed by atoms with Crippen molar-refractivity contribution in [1.82, 2.24) is 4.98 Å². The Morgan fingerprint density at radius 1 is 1.12 bits per heavy atom. The van der Waals surface area contributed by atoms with Gasteiger partial charge in [-0.3, -0.25) is 0 Å². The lowest BCUT2D eigenvalue weighted by Gasteiger charge is -2.02. The first-order valence-corrected chi connectivity index (χ1v) is 7.27. The van der Waals surface area contributed by atoms with Crippen molar-refractivity contribution in [3.05, 3.63) is 40.3 Å². The molecule has 0 N–H and O–H groups in total. The van der Waals surface area contributed by atoms with Gasteiger partial charge in [0.1, 0.15) is 5.01 Å². The van der Waals surface area contributed by atoms with E-state index in [0.717, 1.165) is 5.01 Å². The van der Waals surface area contributed by atoms with Crippen LogP contribution in [0.5, 0.6) is 0 Å². The van der Waals surface area contributed by atoms with E-state index in [4.69, 9.17) is 4.98 Å². The molecular weight excluding hydrogens is 246 g/mol. The summed E-state index contributed by atoms with van der Waals surface area (Å²) < 4.78 is 1.34. The van der Waals surface area contributed by atoms with Crippen LogP contribution in [-0.4, -0.2) is 4.98 Å². The third-order valence-corrected chi connectivity index (χ3v) is 5.31. The number of thiazole rings is 1. The summed E-state index contributed by atoms with van der Waals surface area (Å²) in [5, 5.41) is 3.25. The molecule has 86 valence electrons. The highest BCUT2D eigenvalue weighted by Gasteiger charge is 2.12. The number of hydrogen-bond donors (Lipinski definition) is 0. The molecule has 3 rings (SSSR count). The van der Waals surface area contributed by atoms with Crippen molar-refractivity contribution in [2.45, 2.75) is 20.8 Å². The van der Waals surface area contributed by atoms with Gasteiger partial charge < -0.3 is 0 Å². The minimum Gasteiger partial charge on any atom is -0.235 e. The first-order chi connectivity index (χ1) is 8.16. The number of aryl methyl sites for hydroxylation is 3. The fourth-order valence-corrected chi connectivity index (χ4v) is 4.02. The van der Waals surface area contributed by atoms with Crippen molar-refractivity contribution in [1.29, 1.82) is 0 Å². The van der Waals surface area contributed by atoms with Gasteiger partial charge in [0.2, 0.25) is 0 Å². The second kappa shape index (κ2) is 3.93. The molecule has 0 spiro atoms. The molecule has 0 saturated heterocycles. The van der Waals surface area contributed by atoms with Crippen LogP contribution >= 0.6 is 22.7 Å². The van der Waals surface area contributed by atoms with Crippen molar-refractivity contribution in [3.8, 4) is 9.88 Å². The number of nitrogens with zero attached hydrogens (tertiary/aromatic N) is 1. The molecule has 1 aromatic carbocycles. The normalized spacial score (nSPS) is 11.2. The van der Waals surface area contributed by atoms with E-state index in [1.165, 1.54) is 31.8 Å². The van der Waals surface area contributed by atoms with E-state index in [-0.39, 0.29) is 0 Å². The van der Waals surface area contributed by atoms with Gasteiger partial charge in [0, 0.05) is 0 Å². The summed E-state index contributed by atoms with van der Waals surface area (Å²) in [7, 11) is 0. The van der Waals surface area contributed by atoms with Crippen LogP contribution in [0.25, 0.3) is 20.1 Å². The Bertz CT molecular complexity index is 678. The molecule has 3 heteroatoms. The Labute approximate surface area is 109 Å². The summed E-state index contributed by atoms with van der Waals surface area (Å²) >= 11 is 3.56. The molecule has 0 amide bonds. The highest BCUT2D eigenvalue weighted by atomic mass is 32.1. The predicted octanol–water partition coefficient (Wildman–Crippen LogP) is 4.95. The standard InChI is InChI=1S/C14H13NS2/c1-8-7-9(2)12-13(10(8)3)17-14(15-12)11-5-4-6-16-11/h4-7H,1-3H3. The minimum absolute atomic E-state index is 1.15. The SMILES string of the molecule is Cc1cc(C)c2nc(-c3cccs3)sc2c1C. The lowest BCUT2D eigenvalue weighted by atomic mass is 10.1. The molecule has 0 aliphatic heterocycles. The number of rotatable bonds is 1. The number of thiophene rings is 1. The highest BCUT2D eigenvalue weighted by Crippen LogP contribution is 2.36. The second-order valence-electron chi connectivity index (χ2n) is 4.31. The van der Waals surface area contributed by atoms with Crippen molar-refractivity contribution >= 4 is 32.9 Å². The zero-order valence-electron chi connectivity index (χ0n) is 10.1. The maximum Gasteiger partial charge on any atom is 0.134 e. The summed E-state index contributed by atoms with van der Waals surface area (Å²) in [5.74, 6) is 0. The molecule has 2 heterocycles. The molecule has 0 unspecified atom stereocenters. The number of fused-ring (bicyclic) bond motifs is 1. The third-order valence-electron chi connectivity index (χ3n) is 3.10. The average Bonchev–Trinajstić information content (AvgIpc) is 2.94. The maximum atomic E-state index is 4.79. The molecule has 0 saturated carbocycles. The van der Waals surface area contributed by atoms with Crippen LogP contribution in [0.2, 0.25) is 0 Å². The first kappa shape index (κ1) is 10.9. The van der Waals surface area contributed by atoms with Gasteiger partial charge in [-0.25, -0.2) is 4.98 Å². The van der Waals surface area contributed by atoms with Gasteiger partial charge in [0.05, 0.1) is 15.1 Å². The Morgan fingerprint density at radius 3 is 2.65 bits per heavy atom. The van der Waals surface area contributed by atoms with E-state index in [1.54, 1.807) is 11.3 Å². The van der Waals surface area contributed by atoms with Crippen LogP contribution in [-0.2, 0) is 0 Å². The summed E-state index contributed by atoms with van der Waals surface area (Å²) in [6.07, 6.45) is 0. The van der Waals surface area contributed by atoms with Crippen molar-refractivity contribution in [2.24, 2.45) is 0 Å². The third kappa shape index (κ3) is 1.70. The van der Waals surface area contributed by atoms with Crippen LogP contribution in [0.1, 0.15) is 16.7 Å². The largest absolute Gasteiger partial charge is 0.235 e. The Hall–Kier alpha value is -1.19. The van der Waals surface area contributed by atoms with Crippen LogP contribution in [0, 0.1) is 20.8 Å². The average molecular weight is 259 g/mol. The molecular formula is C14H13NS2. The monoisotopic (exact) mass is 259 g/mol. The molecule has 3 aromatic rings. The molecule has 0 aliphatic rings. The fraction of sp³-hybridized carbons (Fsp3) is 0.214. The first-order valence-electron chi connectivity index (χ1n) is 5.58. The summed E-state index contributed by atoms with van der Waals surface area (Å²) in [4.78, 5) is 6.05. The minimum atomic E-state index is 1.15. The van der Waals surface area contributed by atoms with Crippen molar-refractivity contribution < 1.29 is 0 Å². The zero-order chi connectivity index (χ0) is 12.0. The number of benzene rings is 1. The predicted molar refractivity (Wildman–Crippen MR) is 77.1 cm³/mol. The Kier molecular flexibility index (Phi) is 2.53. The van der Waals surface area contributed by atoms with E-state index in [2.05, 4.69) is 44.4 Å². The van der Waals surface area contributed by atoms with E-state index in [9.17, 15) is 0 Å². The molecule has 0 radical (unpaired) electrons. The lowest BCUT2D eigenvalue weighted by molar-refractivity contribution is 1.33. The van der Waals surface area contributed by atoms with Crippen molar-refractivity contribution in [3.63, 3.8) is 0 Å². The Balaban J connectivity index is 2.33. The molecule has 0 fully saturated rings. The van der Waals surface area contributed by atoms with Gasteiger partial charge in [0.25, 0.3) is 0 Å². The number of aromatic nitrogens is 1. The van der Waals surface area contributed by atoms with Crippen LogP contribution in [0.3, 0.4) is 0 Å². The van der Waals surface area contributed by atoms with Crippen LogP contribution in [0.4, 0.5) is 0 Å². The summed E-state index contributed by atoms with van der Waals surface area (Å²) in [6.45, 7) is 6.51. The van der Waals surface area contributed by atoms with Gasteiger partial charge in [-0.15, -0.1) is 22.7 Å². The second-order valence-corrected chi connectivity index (χ2v) is 6.26. The number of hydrogen-bond acceptors (Lipinski definition) is 3. The highest BCUT2D eigenvalue weighted by molar-refractivity contribution is 7.25. The van der Waals surface area contributed by atoms with E-state index in [1.807, 2.05) is 11.3 Å². The van der Waals surface area contributed by atoms with E-state index < -0.39 is 0 Å². The smallest absolute Gasteiger partial charge is 0.134 e. The van der Waals surface area contributed by atoms with Gasteiger partial charge >= 0.3 is 0 Å². The molecule has 0 aliphatic carbocycles. The van der Waals surface area contributed by atoms with Crippen molar-refractivity contribution in [2.75, 3.05) is 0 Å². The molecule has 0 bridgehead atoms. The molecule has 0 atom stereocenters. The quantitative estimate of drug-likeness (QED) is 0.602. The van der Waals surface area contributed by atoms with E-state index >= 15 is 0 Å². The molecule has 2 aromatic heterocycles. The maximum absolute atomic E-state index is 4.79. The van der Waals surface area contributed by atoms with E-state index in [0.29, 0.717) is 0 Å². The van der Waals surface area contributed by atoms with Crippen LogP contribution in [0.15, 0.2) is 23.6 Å². The molecule has 17 heavy (non-hydrogen) atoms. The van der Waals surface area contributed by atoms with Gasteiger partial charge in [0.15, 0.2) is 0 Å². The zero-order valence-corrected chi connectivity index (χ0v) is 11.7. The topological polar surface area (TPSA) is 12.9 Å². The summed E-state index contributed by atoms with van der Waals surface area (Å²) in [6, 6.07) is 6.45. The van der Waals surface area contributed by atoms with Crippen LogP contribution < -0.4 is 0 Å².